The summed E-state index contributed by atoms with van der Waals surface area (Å²) < 4.78 is 0. The van der Waals surface area contributed by atoms with Crippen LogP contribution >= 0.6 is 11.3 Å². The molecule has 1 unspecified atom stereocenters. The van der Waals surface area contributed by atoms with E-state index in [4.69, 9.17) is 10.7 Å². The number of carbonyl (C=O) groups excluding carboxylic acids is 1. The zero-order chi connectivity index (χ0) is 17.1. The minimum atomic E-state index is -0.156. The second-order valence-corrected chi connectivity index (χ2v) is 7.90. The highest BCUT2D eigenvalue weighted by atomic mass is 32.1. The van der Waals surface area contributed by atoms with Gasteiger partial charge in [-0.2, -0.15) is 0 Å². The van der Waals surface area contributed by atoms with Crippen molar-refractivity contribution in [1.82, 2.24) is 4.98 Å². The lowest BCUT2D eigenvalue weighted by atomic mass is 9.97. The fourth-order valence-corrected chi connectivity index (χ4v) is 4.17. The van der Waals surface area contributed by atoms with E-state index in [9.17, 15) is 4.79 Å². The minimum Gasteiger partial charge on any atom is -0.369 e. The minimum absolute atomic E-state index is 0.0235. The molecule has 128 valence electrons. The van der Waals surface area contributed by atoms with Crippen molar-refractivity contribution < 1.29 is 9.69 Å². The Morgan fingerprint density at radius 2 is 2.12 bits per heavy atom. The lowest BCUT2D eigenvalue weighted by Crippen LogP contribution is -3.12. The summed E-state index contributed by atoms with van der Waals surface area (Å²) >= 11 is 1.70. The van der Waals surface area contributed by atoms with Gasteiger partial charge in [-0.3, -0.25) is 4.79 Å². The number of carbonyl (C=O) groups is 1. The van der Waals surface area contributed by atoms with Crippen LogP contribution in [0.25, 0.3) is 10.6 Å². The first kappa shape index (κ1) is 17.1. The van der Waals surface area contributed by atoms with E-state index in [0.717, 1.165) is 43.2 Å². The molecular weight excluding hydrogens is 318 g/mol. The molecular formula is C19H26N3OS+. The molecule has 24 heavy (non-hydrogen) atoms. The average molecular weight is 345 g/mol. The number of benzene rings is 1. The number of primary amides is 1. The van der Waals surface area contributed by atoms with Gasteiger partial charge in [-0.15, -0.1) is 11.3 Å². The number of hydrogen-bond acceptors (Lipinski definition) is 3. The number of amides is 1. The van der Waals surface area contributed by atoms with Gasteiger partial charge in [-0.25, -0.2) is 4.98 Å². The first-order chi connectivity index (χ1) is 11.5. The number of nitrogens with one attached hydrogen (secondary N) is 1. The highest BCUT2D eigenvalue weighted by Crippen LogP contribution is 2.25. The molecule has 2 heterocycles. The van der Waals surface area contributed by atoms with Crippen LogP contribution in [0.5, 0.6) is 0 Å². The van der Waals surface area contributed by atoms with Gasteiger partial charge in [0.2, 0.25) is 5.91 Å². The van der Waals surface area contributed by atoms with E-state index in [2.05, 4.69) is 43.5 Å². The smallest absolute Gasteiger partial charge is 0.226 e. The summed E-state index contributed by atoms with van der Waals surface area (Å²) in [5.41, 5.74) is 9.12. The monoisotopic (exact) mass is 344 g/mol. The largest absolute Gasteiger partial charge is 0.369 e. The first-order valence-corrected chi connectivity index (χ1v) is 9.58. The zero-order valence-corrected chi connectivity index (χ0v) is 15.2. The molecule has 1 amide bonds. The van der Waals surface area contributed by atoms with Gasteiger partial charge in [-0.1, -0.05) is 38.1 Å². The van der Waals surface area contributed by atoms with Crippen LogP contribution in [0, 0.1) is 5.92 Å². The molecule has 1 aliphatic heterocycles. The number of piperidine rings is 1. The van der Waals surface area contributed by atoms with Crippen molar-refractivity contribution in [2.75, 3.05) is 13.1 Å². The molecule has 0 radical (unpaired) electrons. The molecule has 1 aromatic carbocycles. The summed E-state index contributed by atoms with van der Waals surface area (Å²) in [6.45, 7) is 7.23. The fourth-order valence-electron chi connectivity index (χ4n) is 3.34. The van der Waals surface area contributed by atoms with Gasteiger partial charge in [0.25, 0.3) is 0 Å². The molecule has 3 rings (SSSR count). The normalized spacial score (nSPS) is 21.1. The quantitative estimate of drug-likeness (QED) is 0.874. The van der Waals surface area contributed by atoms with Crippen molar-refractivity contribution in [2.24, 2.45) is 11.7 Å². The maximum Gasteiger partial charge on any atom is 0.226 e. The van der Waals surface area contributed by atoms with Gasteiger partial charge in [-0.05, 0) is 24.3 Å². The third-order valence-corrected chi connectivity index (χ3v) is 5.77. The van der Waals surface area contributed by atoms with Crippen molar-refractivity contribution in [3.63, 3.8) is 0 Å². The van der Waals surface area contributed by atoms with Crippen molar-refractivity contribution in [3.05, 3.63) is 40.9 Å². The van der Waals surface area contributed by atoms with Crippen LogP contribution in [-0.4, -0.2) is 24.0 Å². The molecule has 2 aromatic rings. The number of thiazole rings is 1. The molecule has 0 aliphatic carbocycles. The second kappa shape index (κ2) is 7.45. The summed E-state index contributed by atoms with van der Waals surface area (Å²) in [6.07, 6.45) is 2.00. The Morgan fingerprint density at radius 3 is 2.79 bits per heavy atom. The van der Waals surface area contributed by atoms with Gasteiger partial charge in [0.1, 0.15) is 17.2 Å². The molecule has 0 spiro atoms. The first-order valence-electron chi connectivity index (χ1n) is 8.70. The highest BCUT2D eigenvalue weighted by Gasteiger charge is 2.27. The van der Waals surface area contributed by atoms with Gasteiger partial charge in [0, 0.05) is 10.9 Å². The van der Waals surface area contributed by atoms with E-state index in [1.165, 1.54) is 16.0 Å². The summed E-state index contributed by atoms with van der Waals surface area (Å²) in [7, 11) is 0. The zero-order valence-electron chi connectivity index (χ0n) is 14.4. The summed E-state index contributed by atoms with van der Waals surface area (Å²) in [5, 5.41) is 3.22. The van der Waals surface area contributed by atoms with E-state index in [1.807, 2.05) is 0 Å². The Kier molecular flexibility index (Phi) is 5.31. The van der Waals surface area contributed by atoms with Gasteiger partial charge < -0.3 is 10.6 Å². The Hall–Kier alpha value is -1.72. The lowest BCUT2D eigenvalue weighted by Gasteiger charge is -2.27. The van der Waals surface area contributed by atoms with E-state index in [0.29, 0.717) is 5.92 Å². The van der Waals surface area contributed by atoms with Gasteiger partial charge in [0.05, 0.1) is 19.0 Å². The number of nitrogens with two attached hydrogens (primary N) is 1. The van der Waals surface area contributed by atoms with E-state index in [1.54, 1.807) is 11.3 Å². The Labute approximate surface area is 147 Å². The number of hydrogen-bond donors (Lipinski definition) is 2. The van der Waals surface area contributed by atoms with Crippen LogP contribution in [0.3, 0.4) is 0 Å². The van der Waals surface area contributed by atoms with Gasteiger partial charge >= 0.3 is 0 Å². The molecule has 1 fully saturated rings. The van der Waals surface area contributed by atoms with Crippen LogP contribution in [-0.2, 0) is 11.3 Å². The number of rotatable bonds is 5. The number of quaternary nitrogens is 1. The predicted octanol–water partition coefficient (Wildman–Crippen LogP) is 2.21. The standard InChI is InChI=1S/C19H25N3OS/c1-13(2)14-5-7-15(8-6-14)19-21-17(12-24-19)11-22-9-3-4-16(10-22)18(20)23/h5-8,12-13,16H,3-4,9-11H2,1-2H3,(H2,20,23)/p+1/t16-/m0/s1. The molecule has 1 saturated heterocycles. The predicted molar refractivity (Wildman–Crippen MR) is 98.0 cm³/mol. The van der Waals surface area contributed by atoms with Crippen molar-refractivity contribution in [2.45, 2.75) is 39.2 Å². The molecule has 1 aliphatic rings. The van der Waals surface area contributed by atoms with Crippen LogP contribution in [0.1, 0.15) is 43.9 Å². The average Bonchev–Trinajstić information content (AvgIpc) is 3.03. The van der Waals surface area contributed by atoms with E-state index in [-0.39, 0.29) is 11.8 Å². The molecule has 1 aromatic heterocycles. The highest BCUT2D eigenvalue weighted by molar-refractivity contribution is 7.13. The Bertz CT molecular complexity index is 693. The van der Waals surface area contributed by atoms with Crippen LogP contribution in [0.2, 0.25) is 0 Å². The fraction of sp³-hybridized carbons (Fsp3) is 0.474. The number of nitrogens with zero attached hydrogens (tertiary/aromatic N) is 1. The molecule has 3 N–H and O–H groups in total. The molecule has 4 nitrogen and oxygen atoms in total. The second-order valence-electron chi connectivity index (χ2n) is 7.04. The van der Waals surface area contributed by atoms with Crippen LogP contribution in [0.15, 0.2) is 29.6 Å². The molecule has 0 saturated carbocycles. The Morgan fingerprint density at radius 1 is 1.38 bits per heavy atom. The third kappa shape index (κ3) is 4.02. The summed E-state index contributed by atoms with van der Waals surface area (Å²) in [4.78, 5) is 17.6. The molecule has 5 heteroatoms. The van der Waals surface area contributed by atoms with Crippen molar-refractivity contribution >= 4 is 17.2 Å². The van der Waals surface area contributed by atoms with Crippen molar-refractivity contribution in [1.29, 1.82) is 0 Å². The van der Waals surface area contributed by atoms with Gasteiger partial charge in [0.15, 0.2) is 0 Å². The maximum atomic E-state index is 11.4. The number of aromatic nitrogens is 1. The van der Waals surface area contributed by atoms with Crippen molar-refractivity contribution in [3.8, 4) is 10.6 Å². The third-order valence-electron chi connectivity index (χ3n) is 4.83. The lowest BCUT2D eigenvalue weighted by molar-refractivity contribution is -0.921. The summed E-state index contributed by atoms with van der Waals surface area (Å²) in [5.74, 6) is 0.415. The van der Waals surface area contributed by atoms with Crippen LogP contribution < -0.4 is 10.6 Å². The molecule has 0 bridgehead atoms. The Balaban J connectivity index is 1.66. The maximum absolute atomic E-state index is 11.4. The SMILES string of the molecule is CC(C)c1ccc(-c2nc(C[NH+]3CCC[C@H](C(N)=O)C3)cs2)cc1. The molecule has 2 atom stereocenters. The number of likely N-dealkylation sites (tertiary alicyclic amines) is 1. The van der Waals surface area contributed by atoms with E-state index >= 15 is 0 Å². The summed E-state index contributed by atoms with van der Waals surface area (Å²) in [6, 6.07) is 8.70. The topological polar surface area (TPSA) is 60.4 Å². The van der Waals surface area contributed by atoms with E-state index < -0.39 is 0 Å². The van der Waals surface area contributed by atoms with Crippen LogP contribution in [0.4, 0.5) is 0 Å².